The number of benzene rings is 1. The summed E-state index contributed by atoms with van der Waals surface area (Å²) in [5.41, 5.74) is 3.26. The summed E-state index contributed by atoms with van der Waals surface area (Å²) in [5, 5.41) is 9.24. The van der Waals surface area contributed by atoms with Crippen LogP contribution in [-0.4, -0.2) is 37.4 Å². The van der Waals surface area contributed by atoms with Crippen molar-refractivity contribution in [1.29, 1.82) is 0 Å². The molecule has 0 aliphatic carbocycles. The molecule has 116 valence electrons. The van der Waals surface area contributed by atoms with Gasteiger partial charge >= 0.3 is 12.0 Å². The van der Waals surface area contributed by atoms with Gasteiger partial charge in [0.1, 0.15) is 6.04 Å². The summed E-state index contributed by atoms with van der Waals surface area (Å²) < 4.78 is 4.65. The van der Waals surface area contributed by atoms with Crippen LogP contribution in [0.4, 0.5) is 10.5 Å². The van der Waals surface area contributed by atoms with Gasteiger partial charge in [-0.1, -0.05) is 24.1 Å². The number of terminal acetylenes is 1. The predicted octanol–water partition coefficient (Wildman–Crippen LogP) is 0.948. The molecular formula is C15H18N4O3. The number of rotatable bonds is 6. The van der Waals surface area contributed by atoms with Crippen molar-refractivity contribution in [2.45, 2.75) is 13.0 Å². The van der Waals surface area contributed by atoms with Gasteiger partial charge in [-0.05, 0) is 19.1 Å². The number of carbonyl (C=O) groups excluding carboxylic acids is 2. The van der Waals surface area contributed by atoms with Crippen LogP contribution in [0.5, 0.6) is 0 Å². The maximum Gasteiger partial charge on any atom is 0.339 e. The van der Waals surface area contributed by atoms with Gasteiger partial charge in [-0.25, -0.2) is 15.0 Å². The number of methoxy groups -OCH3 is 1. The first kappa shape index (κ1) is 17.2. The molecule has 22 heavy (non-hydrogen) atoms. The summed E-state index contributed by atoms with van der Waals surface area (Å²) >= 11 is 0. The molecule has 1 aromatic carbocycles. The van der Waals surface area contributed by atoms with Crippen molar-refractivity contribution in [3.05, 3.63) is 30.3 Å². The number of ether oxygens (including phenoxy) is 1. The first-order valence-electron chi connectivity index (χ1n) is 6.49. The maximum absolute atomic E-state index is 11.7. The fourth-order valence-corrected chi connectivity index (χ4v) is 1.56. The zero-order valence-corrected chi connectivity index (χ0v) is 12.4. The highest BCUT2D eigenvalue weighted by Crippen LogP contribution is 2.04. The number of amides is 2. The number of hydrazone groups is 1. The van der Waals surface area contributed by atoms with Crippen LogP contribution in [0.1, 0.15) is 6.92 Å². The maximum atomic E-state index is 11.7. The van der Waals surface area contributed by atoms with E-state index in [0.717, 1.165) is 0 Å². The van der Waals surface area contributed by atoms with E-state index >= 15 is 0 Å². The number of hydrogen-bond donors (Lipinski definition) is 3. The lowest BCUT2D eigenvalue weighted by molar-refractivity contribution is -0.141. The third-order valence-electron chi connectivity index (χ3n) is 2.63. The second kappa shape index (κ2) is 9.15. The van der Waals surface area contributed by atoms with Crippen LogP contribution >= 0.6 is 0 Å². The fourth-order valence-electron chi connectivity index (χ4n) is 1.56. The molecular weight excluding hydrogens is 284 g/mol. The van der Waals surface area contributed by atoms with Crippen molar-refractivity contribution in [1.82, 2.24) is 10.7 Å². The summed E-state index contributed by atoms with van der Waals surface area (Å²) in [5.74, 6) is 1.82. The Balaban J connectivity index is 2.63. The van der Waals surface area contributed by atoms with Crippen LogP contribution in [0.15, 0.2) is 35.4 Å². The number of hydrogen-bond acceptors (Lipinski definition) is 5. The van der Waals surface area contributed by atoms with E-state index in [0.29, 0.717) is 11.4 Å². The van der Waals surface area contributed by atoms with Crippen molar-refractivity contribution in [3.63, 3.8) is 0 Å². The number of urea groups is 1. The smallest absolute Gasteiger partial charge is 0.339 e. The van der Waals surface area contributed by atoms with Gasteiger partial charge in [0, 0.05) is 5.69 Å². The SMILES string of the molecule is C#CCNC(C(=O)OC)/C(C)=N/NC(=O)Nc1ccccc1. The Morgan fingerprint density at radius 1 is 1.36 bits per heavy atom. The quantitative estimate of drug-likeness (QED) is 0.316. The molecule has 7 nitrogen and oxygen atoms in total. The van der Waals surface area contributed by atoms with Crippen LogP contribution in [-0.2, 0) is 9.53 Å². The van der Waals surface area contributed by atoms with Gasteiger partial charge in [-0.15, -0.1) is 6.42 Å². The molecule has 0 aliphatic heterocycles. The van der Waals surface area contributed by atoms with Gasteiger partial charge in [0.15, 0.2) is 0 Å². The topological polar surface area (TPSA) is 91.8 Å². The molecule has 0 saturated heterocycles. The Bertz CT molecular complexity index is 578. The van der Waals surface area contributed by atoms with Gasteiger partial charge in [0.25, 0.3) is 0 Å². The molecule has 0 saturated carbocycles. The van der Waals surface area contributed by atoms with E-state index in [2.05, 4.69) is 31.8 Å². The lowest BCUT2D eigenvalue weighted by Crippen LogP contribution is -2.44. The number of para-hydroxylation sites is 1. The molecule has 2 amide bonds. The molecule has 0 fully saturated rings. The number of anilines is 1. The van der Waals surface area contributed by atoms with Gasteiger partial charge in [-0.2, -0.15) is 5.10 Å². The van der Waals surface area contributed by atoms with Crippen molar-refractivity contribution in [2.75, 3.05) is 19.0 Å². The lowest BCUT2D eigenvalue weighted by Gasteiger charge is -2.14. The van der Waals surface area contributed by atoms with Gasteiger partial charge in [-0.3, -0.25) is 5.32 Å². The van der Waals surface area contributed by atoms with Gasteiger partial charge in [0.2, 0.25) is 0 Å². The molecule has 7 heteroatoms. The molecule has 3 N–H and O–H groups in total. The predicted molar refractivity (Wildman–Crippen MR) is 84.3 cm³/mol. The van der Waals surface area contributed by atoms with E-state index in [4.69, 9.17) is 6.42 Å². The molecule has 1 atom stereocenters. The second-order valence-electron chi connectivity index (χ2n) is 4.23. The molecule has 1 aromatic rings. The van der Waals surface area contributed by atoms with E-state index in [1.165, 1.54) is 7.11 Å². The molecule has 0 heterocycles. The number of carbonyl (C=O) groups is 2. The van der Waals surface area contributed by atoms with Crippen molar-refractivity contribution < 1.29 is 14.3 Å². The minimum atomic E-state index is -0.821. The normalized spacial score (nSPS) is 12.0. The van der Waals surface area contributed by atoms with Crippen LogP contribution in [0, 0.1) is 12.3 Å². The minimum absolute atomic E-state index is 0.169. The average molecular weight is 302 g/mol. The Morgan fingerprint density at radius 3 is 2.64 bits per heavy atom. The van der Waals surface area contributed by atoms with E-state index < -0.39 is 18.0 Å². The highest BCUT2D eigenvalue weighted by atomic mass is 16.5. The highest BCUT2D eigenvalue weighted by molar-refractivity contribution is 6.05. The summed E-state index contributed by atoms with van der Waals surface area (Å²) in [7, 11) is 1.26. The molecule has 0 aliphatic rings. The van der Waals surface area contributed by atoms with E-state index in [-0.39, 0.29) is 6.54 Å². The van der Waals surface area contributed by atoms with Gasteiger partial charge in [0.05, 0.1) is 19.4 Å². The third-order valence-corrected chi connectivity index (χ3v) is 2.63. The molecule has 0 aromatic heterocycles. The molecule has 0 spiro atoms. The zero-order chi connectivity index (χ0) is 16.4. The first-order chi connectivity index (χ1) is 10.6. The molecule has 1 unspecified atom stereocenters. The molecule has 0 bridgehead atoms. The Morgan fingerprint density at radius 2 is 2.05 bits per heavy atom. The zero-order valence-electron chi connectivity index (χ0n) is 12.4. The lowest BCUT2D eigenvalue weighted by atomic mass is 10.2. The highest BCUT2D eigenvalue weighted by Gasteiger charge is 2.21. The minimum Gasteiger partial charge on any atom is -0.468 e. The summed E-state index contributed by atoms with van der Waals surface area (Å²) in [6.07, 6.45) is 5.14. The second-order valence-corrected chi connectivity index (χ2v) is 4.23. The van der Waals surface area contributed by atoms with E-state index in [1.54, 1.807) is 31.2 Å². The number of esters is 1. The van der Waals surface area contributed by atoms with E-state index in [1.807, 2.05) is 6.07 Å². The monoisotopic (exact) mass is 302 g/mol. The average Bonchev–Trinajstić information content (AvgIpc) is 2.53. The standard InChI is InChI=1S/C15H18N4O3/c1-4-10-16-13(14(20)22-3)11(2)18-19-15(21)17-12-8-6-5-7-9-12/h1,5-9,13,16H,10H2,2-3H3,(H2,17,19,21)/b18-11+. The van der Waals surface area contributed by atoms with Crippen LogP contribution in [0.25, 0.3) is 0 Å². The van der Waals surface area contributed by atoms with Crippen molar-refractivity contribution in [3.8, 4) is 12.3 Å². The fraction of sp³-hybridized carbons (Fsp3) is 0.267. The van der Waals surface area contributed by atoms with Crippen LogP contribution < -0.4 is 16.1 Å². The number of nitrogens with one attached hydrogen (secondary N) is 3. The molecule has 1 rings (SSSR count). The Kier molecular flexibility index (Phi) is 7.16. The van der Waals surface area contributed by atoms with Gasteiger partial charge < -0.3 is 10.1 Å². The number of nitrogens with zero attached hydrogens (tertiary/aromatic N) is 1. The Hall–Kier alpha value is -2.85. The van der Waals surface area contributed by atoms with Crippen LogP contribution in [0.2, 0.25) is 0 Å². The first-order valence-corrected chi connectivity index (χ1v) is 6.49. The largest absolute Gasteiger partial charge is 0.468 e. The van der Waals surface area contributed by atoms with Crippen molar-refractivity contribution in [2.24, 2.45) is 5.10 Å². The van der Waals surface area contributed by atoms with E-state index in [9.17, 15) is 9.59 Å². The summed E-state index contributed by atoms with van der Waals surface area (Å²) in [4.78, 5) is 23.3. The van der Waals surface area contributed by atoms with Crippen LogP contribution in [0.3, 0.4) is 0 Å². The third kappa shape index (κ3) is 5.64. The summed E-state index contributed by atoms with van der Waals surface area (Å²) in [6, 6.07) is 7.56. The van der Waals surface area contributed by atoms with Crippen molar-refractivity contribution >= 4 is 23.4 Å². The Labute approximate surface area is 129 Å². The molecule has 0 radical (unpaired) electrons. The summed E-state index contributed by atoms with van der Waals surface area (Å²) in [6.45, 7) is 1.75.